The standard InChI is InChI=1S/C19H23NO5/c1-13-4-3-5-14(2)20(13)18(21)11-23-19(22)9-7-15-6-8-16-17(10-15)25-12-24-16/h6-10,13-14H,3-5,11-12H2,1-2H3/b9-7+. The molecule has 1 fully saturated rings. The second-order valence-corrected chi connectivity index (χ2v) is 6.48. The summed E-state index contributed by atoms with van der Waals surface area (Å²) in [6.07, 6.45) is 6.06. The molecule has 2 aliphatic heterocycles. The highest BCUT2D eigenvalue weighted by atomic mass is 16.7. The molecule has 2 heterocycles. The monoisotopic (exact) mass is 345 g/mol. The Morgan fingerprint density at radius 2 is 1.92 bits per heavy atom. The minimum Gasteiger partial charge on any atom is -0.454 e. The third kappa shape index (κ3) is 4.13. The van der Waals surface area contributed by atoms with E-state index in [0.717, 1.165) is 24.8 Å². The summed E-state index contributed by atoms with van der Waals surface area (Å²) in [4.78, 5) is 26.0. The third-order valence-corrected chi connectivity index (χ3v) is 4.63. The van der Waals surface area contributed by atoms with Gasteiger partial charge < -0.3 is 19.1 Å². The van der Waals surface area contributed by atoms with Crippen LogP contribution in [0.1, 0.15) is 38.7 Å². The number of hydrogen-bond acceptors (Lipinski definition) is 5. The van der Waals surface area contributed by atoms with Crippen LogP contribution < -0.4 is 9.47 Å². The predicted molar refractivity (Wildman–Crippen MR) is 92.2 cm³/mol. The van der Waals surface area contributed by atoms with Gasteiger partial charge in [0.25, 0.3) is 5.91 Å². The summed E-state index contributed by atoms with van der Waals surface area (Å²) in [5.74, 6) is 0.668. The van der Waals surface area contributed by atoms with Crippen molar-refractivity contribution in [3.63, 3.8) is 0 Å². The van der Waals surface area contributed by atoms with E-state index in [1.54, 1.807) is 18.2 Å². The van der Waals surface area contributed by atoms with Crippen molar-refractivity contribution in [3.05, 3.63) is 29.8 Å². The Kier molecular flexibility index (Phi) is 5.26. The number of esters is 1. The maximum atomic E-state index is 12.3. The third-order valence-electron chi connectivity index (χ3n) is 4.63. The van der Waals surface area contributed by atoms with Crippen LogP contribution >= 0.6 is 0 Å². The summed E-state index contributed by atoms with van der Waals surface area (Å²) in [6.45, 7) is 4.06. The number of fused-ring (bicyclic) bond motifs is 1. The van der Waals surface area contributed by atoms with Gasteiger partial charge in [0.1, 0.15) is 0 Å². The van der Waals surface area contributed by atoms with Gasteiger partial charge in [0.15, 0.2) is 18.1 Å². The first kappa shape index (κ1) is 17.3. The van der Waals surface area contributed by atoms with Crippen LogP contribution in [0.5, 0.6) is 11.5 Å². The Morgan fingerprint density at radius 1 is 1.20 bits per heavy atom. The summed E-state index contributed by atoms with van der Waals surface area (Å²) in [6, 6.07) is 5.78. The Bertz CT molecular complexity index is 674. The average molecular weight is 345 g/mol. The summed E-state index contributed by atoms with van der Waals surface area (Å²) in [5, 5.41) is 0. The molecule has 0 aromatic heterocycles. The quantitative estimate of drug-likeness (QED) is 0.620. The van der Waals surface area contributed by atoms with Crippen LogP contribution in [-0.2, 0) is 14.3 Å². The van der Waals surface area contributed by atoms with Gasteiger partial charge in [0, 0.05) is 18.2 Å². The molecule has 2 unspecified atom stereocenters. The Labute approximate surface area is 147 Å². The lowest BCUT2D eigenvalue weighted by molar-refractivity contribution is -0.151. The predicted octanol–water partition coefficient (Wildman–Crippen LogP) is 2.76. The van der Waals surface area contributed by atoms with Crippen molar-refractivity contribution in [1.82, 2.24) is 4.90 Å². The molecule has 1 aromatic rings. The number of likely N-dealkylation sites (tertiary alicyclic amines) is 1. The first-order chi connectivity index (χ1) is 12.0. The summed E-state index contributed by atoms with van der Waals surface area (Å²) < 4.78 is 15.6. The minimum atomic E-state index is -0.539. The Balaban J connectivity index is 1.51. The lowest BCUT2D eigenvalue weighted by Gasteiger charge is -2.38. The van der Waals surface area contributed by atoms with Gasteiger partial charge in [-0.05, 0) is 56.9 Å². The number of amides is 1. The smallest absolute Gasteiger partial charge is 0.331 e. The zero-order valence-electron chi connectivity index (χ0n) is 14.6. The average Bonchev–Trinajstić information content (AvgIpc) is 3.05. The number of benzene rings is 1. The van der Waals surface area contributed by atoms with Gasteiger partial charge in [-0.3, -0.25) is 4.79 Å². The molecule has 1 aromatic carbocycles. The fraction of sp³-hybridized carbons (Fsp3) is 0.474. The van der Waals surface area contributed by atoms with Crippen LogP contribution in [0.25, 0.3) is 6.08 Å². The Hall–Kier alpha value is -2.50. The first-order valence-electron chi connectivity index (χ1n) is 8.60. The molecule has 1 saturated heterocycles. The van der Waals surface area contributed by atoms with Crippen molar-refractivity contribution >= 4 is 18.0 Å². The van der Waals surface area contributed by atoms with E-state index in [0.29, 0.717) is 11.5 Å². The molecule has 25 heavy (non-hydrogen) atoms. The van der Waals surface area contributed by atoms with Gasteiger partial charge in [-0.2, -0.15) is 0 Å². The van der Waals surface area contributed by atoms with E-state index in [2.05, 4.69) is 0 Å². The van der Waals surface area contributed by atoms with Crippen LogP contribution in [-0.4, -0.2) is 42.3 Å². The van der Waals surface area contributed by atoms with E-state index in [9.17, 15) is 9.59 Å². The molecule has 2 atom stereocenters. The van der Waals surface area contributed by atoms with Crippen LogP contribution in [0.2, 0.25) is 0 Å². The minimum absolute atomic E-state index is 0.135. The van der Waals surface area contributed by atoms with E-state index in [1.807, 2.05) is 24.8 Å². The Morgan fingerprint density at radius 3 is 2.68 bits per heavy atom. The summed E-state index contributed by atoms with van der Waals surface area (Å²) >= 11 is 0. The van der Waals surface area contributed by atoms with Gasteiger partial charge in [0.05, 0.1) is 0 Å². The molecule has 6 heteroatoms. The van der Waals surface area contributed by atoms with Crippen molar-refractivity contribution in [2.75, 3.05) is 13.4 Å². The SMILES string of the molecule is CC1CCCC(C)N1C(=O)COC(=O)/C=C/c1ccc2c(c1)OCO2. The molecular formula is C19H23NO5. The fourth-order valence-electron chi connectivity index (χ4n) is 3.35. The number of ether oxygens (including phenoxy) is 3. The molecule has 134 valence electrons. The maximum Gasteiger partial charge on any atom is 0.331 e. The number of piperidine rings is 1. The van der Waals surface area contributed by atoms with Crippen molar-refractivity contribution in [1.29, 1.82) is 0 Å². The highest BCUT2D eigenvalue weighted by molar-refractivity contribution is 5.89. The van der Waals surface area contributed by atoms with Crippen LogP contribution in [0.15, 0.2) is 24.3 Å². The van der Waals surface area contributed by atoms with Crippen molar-refractivity contribution < 1.29 is 23.8 Å². The molecule has 1 amide bonds. The van der Waals surface area contributed by atoms with Gasteiger partial charge in [-0.15, -0.1) is 0 Å². The second-order valence-electron chi connectivity index (χ2n) is 6.48. The lowest BCUT2D eigenvalue weighted by atomic mass is 9.97. The normalized spacial score (nSPS) is 22.2. The molecule has 0 aliphatic carbocycles. The highest BCUT2D eigenvalue weighted by Gasteiger charge is 2.29. The van der Waals surface area contributed by atoms with Gasteiger partial charge in [-0.25, -0.2) is 4.79 Å². The summed E-state index contributed by atoms with van der Waals surface area (Å²) in [5.41, 5.74) is 0.797. The fourth-order valence-corrected chi connectivity index (χ4v) is 3.35. The van der Waals surface area contributed by atoms with E-state index in [4.69, 9.17) is 14.2 Å². The molecule has 0 saturated carbocycles. The number of hydrogen-bond donors (Lipinski definition) is 0. The van der Waals surface area contributed by atoms with E-state index in [1.165, 1.54) is 6.08 Å². The largest absolute Gasteiger partial charge is 0.454 e. The second kappa shape index (κ2) is 7.59. The van der Waals surface area contributed by atoms with Crippen molar-refractivity contribution in [3.8, 4) is 11.5 Å². The van der Waals surface area contributed by atoms with E-state index >= 15 is 0 Å². The molecule has 6 nitrogen and oxygen atoms in total. The molecular weight excluding hydrogens is 322 g/mol. The lowest BCUT2D eigenvalue weighted by Crippen LogP contribution is -2.49. The van der Waals surface area contributed by atoms with Crippen LogP contribution in [0, 0.1) is 0 Å². The number of carbonyl (C=O) groups is 2. The van der Waals surface area contributed by atoms with Crippen LogP contribution in [0.3, 0.4) is 0 Å². The molecule has 3 rings (SSSR count). The summed E-state index contributed by atoms with van der Waals surface area (Å²) in [7, 11) is 0. The maximum absolute atomic E-state index is 12.3. The topological polar surface area (TPSA) is 65.1 Å². The van der Waals surface area contributed by atoms with Gasteiger partial charge in [-0.1, -0.05) is 6.07 Å². The first-order valence-corrected chi connectivity index (χ1v) is 8.60. The van der Waals surface area contributed by atoms with E-state index in [-0.39, 0.29) is 31.4 Å². The highest BCUT2D eigenvalue weighted by Crippen LogP contribution is 2.32. The van der Waals surface area contributed by atoms with Gasteiger partial charge in [0.2, 0.25) is 6.79 Å². The van der Waals surface area contributed by atoms with E-state index < -0.39 is 5.97 Å². The molecule has 2 aliphatic rings. The van der Waals surface area contributed by atoms with Crippen molar-refractivity contribution in [2.45, 2.75) is 45.2 Å². The molecule has 0 bridgehead atoms. The van der Waals surface area contributed by atoms with Crippen molar-refractivity contribution in [2.24, 2.45) is 0 Å². The molecule has 0 N–H and O–H groups in total. The molecule has 0 radical (unpaired) electrons. The number of carbonyl (C=O) groups excluding carboxylic acids is 2. The number of rotatable bonds is 4. The van der Waals surface area contributed by atoms with Gasteiger partial charge >= 0.3 is 5.97 Å². The number of nitrogens with zero attached hydrogens (tertiary/aromatic N) is 1. The zero-order chi connectivity index (χ0) is 17.8. The zero-order valence-corrected chi connectivity index (χ0v) is 14.6. The van der Waals surface area contributed by atoms with Crippen LogP contribution in [0.4, 0.5) is 0 Å². The molecule has 0 spiro atoms.